The van der Waals surface area contributed by atoms with E-state index in [2.05, 4.69) is 4.98 Å². The first-order valence-corrected chi connectivity index (χ1v) is 3.66. The molecule has 2 aromatic heterocycles. The van der Waals surface area contributed by atoms with E-state index in [9.17, 15) is 13.6 Å². The highest BCUT2D eigenvalue weighted by Gasteiger charge is 2.14. The number of hydrogen-bond acceptors (Lipinski definition) is 3. The summed E-state index contributed by atoms with van der Waals surface area (Å²) in [7, 11) is 0. The average Bonchev–Trinajstić information content (AvgIpc) is 2.14. The van der Waals surface area contributed by atoms with E-state index in [4.69, 9.17) is 5.11 Å². The normalized spacial score (nSPS) is 10.7. The number of hydrogen-bond donors (Lipinski definition) is 2. The number of halogens is 2. The van der Waals surface area contributed by atoms with Crippen LogP contribution in [-0.2, 0) is 0 Å². The minimum atomic E-state index is -1.30. The van der Waals surface area contributed by atoms with Gasteiger partial charge in [-0.15, -0.1) is 0 Å². The number of nitrogens with zero attached hydrogens (tertiary/aromatic N) is 1. The monoisotopic (exact) mass is 198 g/mol. The van der Waals surface area contributed by atoms with E-state index in [0.29, 0.717) is 0 Å². The van der Waals surface area contributed by atoms with Crippen molar-refractivity contribution in [2.24, 2.45) is 0 Å². The van der Waals surface area contributed by atoms with Crippen LogP contribution >= 0.6 is 0 Å². The molecule has 0 atom stereocenters. The Labute approximate surface area is 75.8 Å². The summed E-state index contributed by atoms with van der Waals surface area (Å²) in [5.74, 6) is -3.32. The molecular formula is C8H4F2N2O2. The van der Waals surface area contributed by atoms with Gasteiger partial charge in [-0.25, -0.2) is 13.8 Å². The molecule has 0 saturated carbocycles. The molecule has 0 unspecified atom stereocenters. The lowest BCUT2D eigenvalue weighted by Gasteiger charge is -2.00. The maximum Gasteiger partial charge on any atom is 0.294 e. The van der Waals surface area contributed by atoms with Gasteiger partial charge in [-0.2, -0.15) is 0 Å². The van der Waals surface area contributed by atoms with Gasteiger partial charge in [-0.05, 0) is 6.07 Å². The maximum absolute atomic E-state index is 13.2. The number of fused-ring (bicyclic) bond motifs is 1. The van der Waals surface area contributed by atoms with Gasteiger partial charge in [0.15, 0.2) is 5.82 Å². The zero-order valence-corrected chi connectivity index (χ0v) is 6.71. The summed E-state index contributed by atoms with van der Waals surface area (Å²) in [6.45, 7) is 0. The van der Waals surface area contributed by atoms with Crippen LogP contribution in [0.3, 0.4) is 0 Å². The van der Waals surface area contributed by atoms with Crippen LogP contribution in [0, 0.1) is 11.6 Å². The van der Waals surface area contributed by atoms with Crippen molar-refractivity contribution in [2.45, 2.75) is 0 Å². The first-order valence-electron chi connectivity index (χ1n) is 3.66. The number of rotatable bonds is 0. The Bertz CT molecular complexity index is 565. The second kappa shape index (κ2) is 2.76. The highest BCUT2D eigenvalue weighted by Crippen LogP contribution is 2.20. The summed E-state index contributed by atoms with van der Waals surface area (Å²) in [5, 5.41) is 8.39. The van der Waals surface area contributed by atoms with Crippen LogP contribution in [0.4, 0.5) is 8.78 Å². The predicted molar refractivity (Wildman–Crippen MR) is 43.9 cm³/mol. The van der Waals surface area contributed by atoms with E-state index in [1.165, 1.54) is 0 Å². The molecule has 0 aromatic carbocycles. The highest BCUT2D eigenvalue weighted by molar-refractivity contribution is 5.77. The van der Waals surface area contributed by atoms with Gasteiger partial charge in [0, 0.05) is 6.20 Å². The number of pyridine rings is 2. The second-order valence-corrected chi connectivity index (χ2v) is 2.63. The Morgan fingerprint density at radius 2 is 2.14 bits per heavy atom. The lowest BCUT2D eigenvalue weighted by molar-refractivity contribution is 0.426. The number of aromatic amines is 1. The molecule has 2 rings (SSSR count). The molecule has 14 heavy (non-hydrogen) atoms. The summed E-state index contributed by atoms with van der Waals surface area (Å²) < 4.78 is 26.2. The highest BCUT2D eigenvalue weighted by atomic mass is 19.1. The summed E-state index contributed by atoms with van der Waals surface area (Å²) in [6, 6.07) is 0.934. The zero-order valence-electron chi connectivity index (χ0n) is 6.71. The minimum absolute atomic E-state index is 0.231. The first kappa shape index (κ1) is 8.61. The number of H-pyrrole nitrogens is 1. The fourth-order valence-electron chi connectivity index (χ4n) is 1.13. The Morgan fingerprint density at radius 1 is 1.43 bits per heavy atom. The van der Waals surface area contributed by atoms with Crippen molar-refractivity contribution in [2.75, 3.05) is 0 Å². The molecule has 4 nitrogen and oxygen atoms in total. The van der Waals surface area contributed by atoms with E-state index in [-0.39, 0.29) is 5.65 Å². The standard InChI is InChI=1S/C8H4F2N2O2/c9-3-1-2-11-7-4(3)5(10)6(13)8(14)12-7/h1-2,13H,(H,11,12,14). The molecule has 0 fully saturated rings. The molecule has 2 aromatic rings. The molecule has 2 N–H and O–H groups in total. The van der Waals surface area contributed by atoms with Crippen molar-refractivity contribution >= 4 is 11.0 Å². The van der Waals surface area contributed by atoms with E-state index in [1.807, 2.05) is 4.98 Å². The summed E-state index contributed by atoms with van der Waals surface area (Å²) in [5.41, 5.74) is -1.27. The van der Waals surface area contributed by atoms with E-state index >= 15 is 0 Å². The second-order valence-electron chi connectivity index (χ2n) is 2.63. The van der Waals surface area contributed by atoms with Crippen LogP contribution in [0.25, 0.3) is 11.0 Å². The van der Waals surface area contributed by atoms with Crippen LogP contribution in [0.5, 0.6) is 5.75 Å². The molecule has 0 aliphatic heterocycles. The third kappa shape index (κ3) is 1.04. The smallest absolute Gasteiger partial charge is 0.294 e. The van der Waals surface area contributed by atoms with Gasteiger partial charge in [-0.1, -0.05) is 0 Å². The fraction of sp³-hybridized carbons (Fsp3) is 0. The van der Waals surface area contributed by atoms with E-state index in [1.54, 1.807) is 0 Å². The van der Waals surface area contributed by atoms with Crippen molar-refractivity contribution in [1.82, 2.24) is 9.97 Å². The Kier molecular flexibility index (Phi) is 1.70. The van der Waals surface area contributed by atoms with Crippen molar-refractivity contribution in [3.05, 3.63) is 34.3 Å². The zero-order chi connectivity index (χ0) is 10.3. The van der Waals surface area contributed by atoms with Gasteiger partial charge >= 0.3 is 0 Å². The Balaban J connectivity index is 3.07. The molecular weight excluding hydrogens is 194 g/mol. The van der Waals surface area contributed by atoms with Gasteiger partial charge < -0.3 is 10.1 Å². The van der Waals surface area contributed by atoms with Gasteiger partial charge in [-0.3, -0.25) is 4.79 Å². The average molecular weight is 198 g/mol. The summed E-state index contributed by atoms with van der Waals surface area (Å²) in [4.78, 5) is 16.5. The molecule has 0 aliphatic carbocycles. The molecule has 0 spiro atoms. The summed E-state index contributed by atoms with van der Waals surface area (Å²) in [6.07, 6.45) is 1.09. The molecule has 0 saturated heterocycles. The minimum Gasteiger partial charge on any atom is -0.501 e. The lowest BCUT2D eigenvalue weighted by Crippen LogP contribution is -2.09. The van der Waals surface area contributed by atoms with Crippen molar-refractivity contribution in [1.29, 1.82) is 0 Å². The predicted octanol–water partition coefficient (Wildman–Crippen LogP) is 0.907. The van der Waals surface area contributed by atoms with E-state index < -0.39 is 28.3 Å². The molecule has 6 heteroatoms. The lowest BCUT2D eigenvalue weighted by atomic mass is 10.2. The Hall–Kier alpha value is -1.98. The third-order valence-electron chi connectivity index (χ3n) is 1.77. The quantitative estimate of drug-likeness (QED) is 0.661. The van der Waals surface area contributed by atoms with Crippen LogP contribution in [-0.4, -0.2) is 15.1 Å². The Morgan fingerprint density at radius 3 is 2.86 bits per heavy atom. The van der Waals surface area contributed by atoms with Crippen molar-refractivity contribution < 1.29 is 13.9 Å². The molecule has 0 amide bonds. The van der Waals surface area contributed by atoms with Crippen molar-refractivity contribution in [3.63, 3.8) is 0 Å². The first-order chi connectivity index (χ1) is 6.61. The van der Waals surface area contributed by atoms with Gasteiger partial charge in [0.25, 0.3) is 5.56 Å². The van der Waals surface area contributed by atoms with Crippen LogP contribution < -0.4 is 5.56 Å². The fourth-order valence-corrected chi connectivity index (χ4v) is 1.13. The third-order valence-corrected chi connectivity index (χ3v) is 1.77. The van der Waals surface area contributed by atoms with Crippen LogP contribution in [0.1, 0.15) is 0 Å². The summed E-state index contributed by atoms with van der Waals surface area (Å²) >= 11 is 0. The van der Waals surface area contributed by atoms with Crippen LogP contribution in [0.15, 0.2) is 17.1 Å². The SMILES string of the molecule is O=c1[nH]c2nccc(F)c2c(F)c1O. The number of aromatic nitrogens is 2. The largest absolute Gasteiger partial charge is 0.501 e. The van der Waals surface area contributed by atoms with Gasteiger partial charge in [0.05, 0.1) is 5.39 Å². The van der Waals surface area contributed by atoms with Gasteiger partial charge in [0.1, 0.15) is 11.5 Å². The van der Waals surface area contributed by atoms with Crippen LogP contribution in [0.2, 0.25) is 0 Å². The van der Waals surface area contributed by atoms with E-state index in [0.717, 1.165) is 12.3 Å². The number of aromatic hydroxyl groups is 1. The topological polar surface area (TPSA) is 66.0 Å². The molecule has 72 valence electrons. The molecule has 0 aliphatic rings. The van der Waals surface area contributed by atoms with Gasteiger partial charge in [0.2, 0.25) is 5.75 Å². The maximum atomic E-state index is 13.2. The molecule has 0 bridgehead atoms. The van der Waals surface area contributed by atoms with Crippen molar-refractivity contribution in [3.8, 4) is 5.75 Å². The number of nitrogens with one attached hydrogen (secondary N) is 1. The molecule has 2 heterocycles. The molecule has 0 radical (unpaired) electrons.